The summed E-state index contributed by atoms with van der Waals surface area (Å²) in [6, 6.07) is 1.66. The molecule has 0 saturated carbocycles. The molecule has 1 heterocycles. The molecule has 54 valence electrons. The molecule has 1 aromatic heterocycles. The van der Waals surface area contributed by atoms with Gasteiger partial charge in [0.2, 0.25) is 0 Å². The first-order valence-corrected chi connectivity index (χ1v) is 3.01. The summed E-state index contributed by atoms with van der Waals surface area (Å²) in [5, 5.41) is 0. The highest BCUT2D eigenvalue weighted by molar-refractivity contribution is 5.35. The highest BCUT2D eigenvalue weighted by atomic mass is 19.1. The van der Waals surface area contributed by atoms with Crippen molar-refractivity contribution in [1.29, 1.82) is 0 Å². The van der Waals surface area contributed by atoms with Gasteiger partial charge in [-0.1, -0.05) is 0 Å². The van der Waals surface area contributed by atoms with Crippen molar-refractivity contribution in [3.05, 3.63) is 23.4 Å². The molecule has 0 fully saturated rings. The first kappa shape index (κ1) is 6.99. The molecule has 0 bridgehead atoms. The highest BCUT2D eigenvalue weighted by Crippen LogP contribution is 2.09. The Kier molecular flexibility index (Phi) is 1.85. The summed E-state index contributed by atoms with van der Waals surface area (Å²) in [5.41, 5.74) is 6.81. The van der Waals surface area contributed by atoms with Crippen LogP contribution in [0.25, 0.3) is 0 Å². The fourth-order valence-corrected chi connectivity index (χ4v) is 0.746. The normalized spacial score (nSPS) is 9.80. The van der Waals surface area contributed by atoms with Crippen LogP contribution in [0.4, 0.5) is 10.2 Å². The Morgan fingerprint density at radius 1 is 1.70 bits per heavy atom. The van der Waals surface area contributed by atoms with Crippen LogP contribution in [0.2, 0.25) is 0 Å². The Morgan fingerprint density at radius 2 is 2.40 bits per heavy atom. The molecule has 0 amide bonds. The summed E-state index contributed by atoms with van der Waals surface area (Å²) >= 11 is 0. The Hall–Kier alpha value is -1.12. The Morgan fingerprint density at radius 3 is 2.90 bits per heavy atom. The van der Waals surface area contributed by atoms with Crippen LogP contribution in [0, 0.1) is 6.92 Å². The van der Waals surface area contributed by atoms with E-state index < -0.39 is 6.67 Å². The van der Waals surface area contributed by atoms with Gasteiger partial charge >= 0.3 is 0 Å². The van der Waals surface area contributed by atoms with Gasteiger partial charge in [0, 0.05) is 11.8 Å². The van der Waals surface area contributed by atoms with Crippen molar-refractivity contribution in [1.82, 2.24) is 4.98 Å². The molecule has 0 aliphatic heterocycles. The highest BCUT2D eigenvalue weighted by Gasteiger charge is 1.96. The van der Waals surface area contributed by atoms with Crippen molar-refractivity contribution >= 4 is 5.82 Å². The van der Waals surface area contributed by atoms with E-state index in [9.17, 15) is 4.39 Å². The number of aryl methyl sites for hydroxylation is 1. The molecule has 2 N–H and O–H groups in total. The third-order valence-corrected chi connectivity index (χ3v) is 1.38. The molecular weight excluding hydrogens is 131 g/mol. The Labute approximate surface area is 58.9 Å². The standard InChI is InChI=1S/C7H9FN2/c1-5-2-7(9)10-4-6(5)3-8/h2,4H,3H2,1H3,(H2,9,10). The van der Waals surface area contributed by atoms with Gasteiger partial charge in [-0.15, -0.1) is 0 Å². The minimum absolute atomic E-state index is 0.440. The SMILES string of the molecule is Cc1cc(N)ncc1CF. The number of halogens is 1. The van der Waals surface area contributed by atoms with Crippen LogP contribution in [0.1, 0.15) is 11.1 Å². The number of aromatic nitrogens is 1. The third-order valence-electron chi connectivity index (χ3n) is 1.38. The maximum Gasteiger partial charge on any atom is 0.123 e. The van der Waals surface area contributed by atoms with Gasteiger partial charge in [0.25, 0.3) is 0 Å². The second kappa shape index (κ2) is 2.64. The maximum absolute atomic E-state index is 12.0. The van der Waals surface area contributed by atoms with Crippen LogP contribution in [-0.2, 0) is 6.67 Å². The van der Waals surface area contributed by atoms with E-state index in [2.05, 4.69) is 4.98 Å². The van der Waals surface area contributed by atoms with E-state index in [1.807, 2.05) is 6.92 Å². The lowest BCUT2D eigenvalue weighted by Gasteiger charge is -1.99. The summed E-state index contributed by atoms with van der Waals surface area (Å²) in [7, 11) is 0. The second-order valence-electron chi connectivity index (χ2n) is 2.17. The summed E-state index contributed by atoms with van der Waals surface area (Å²) < 4.78 is 12.0. The zero-order valence-electron chi connectivity index (χ0n) is 5.76. The van der Waals surface area contributed by atoms with Gasteiger partial charge in [-0.25, -0.2) is 9.37 Å². The molecule has 10 heavy (non-hydrogen) atoms. The Balaban J connectivity index is 3.07. The first-order chi connectivity index (χ1) is 4.74. The predicted octanol–water partition coefficient (Wildman–Crippen LogP) is 1.44. The van der Waals surface area contributed by atoms with E-state index in [-0.39, 0.29) is 0 Å². The van der Waals surface area contributed by atoms with E-state index in [0.29, 0.717) is 11.4 Å². The molecule has 0 aliphatic rings. The van der Waals surface area contributed by atoms with Gasteiger partial charge in [0.05, 0.1) is 0 Å². The molecule has 0 aliphatic carbocycles. The van der Waals surface area contributed by atoms with Crippen LogP contribution in [0.3, 0.4) is 0 Å². The summed E-state index contributed by atoms with van der Waals surface area (Å²) in [4.78, 5) is 3.75. The smallest absolute Gasteiger partial charge is 0.123 e. The number of nitrogens with zero attached hydrogens (tertiary/aromatic N) is 1. The largest absolute Gasteiger partial charge is 0.384 e. The van der Waals surface area contributed by atoms with Crippen LogP contribution < -0.4 is 5.73 Å². The number of anilines is 1. The van der Waals surface area contributed by atoms with Crippen LogP contribution in [0.5, 0.6) is 0 Å². The maximum atomic E-state index is 12.0. The average Bonchev–Trinajstić information content (AvgIpc) is 1.88. The van der Waals surface area contributed by atoms with E-state index in [0.717, 1.165) is 5.56 Å². The number of nitrogens with two attached hydrogens (primary N) is 1. The number of hydrogen-bond acceptors (Lipinski definition) is 2. The van der Waals surface area contributed by atoms with Gasteiger partial charge in [0.15, 0.2) is 0 Å². The first-order valence-electron chi connectivity index (χ1n) is 3.01. The van der Waals surface area contributed by atoms with Crippen molar-refractivity contribution in [3.8, 4) is 0 Å². The number of nitrogen functional groups attached to an aromatic ring is 1. The molecule has 0 unspecified atom stereocenters. The molecule has 0 atom stereocenters. The zero-order chi connectivity index (χ0) is 7.56. The summed E-state index contributed by atoms with van der Waals surface area (Å²) in [5.74, 6) is 0.440. The van der Waals surface area contributed by atoms with Crippen LogP contribution in [-0.4, -0.2) is 4.98 Å². The molecule has 0 spiro atoms. The lowest BCUT2D eigenvalue weighted by Crippen LogP contribution is -1.93. The van der Waals surface area contributed by atoms with E-state index in [4.69, 9.17) is 5.73 Å². The van der Waals surface area contributed by atoms with Crippen LogP contribution in [0.15, 0.2) is 12.3 Å². The second-order valence-corrected chi connectivity index (χ2v) is 2.17. The van der Waals surface area contributed by atoms with Gasteiger partial charge in [-0.2, -0.15) is 0 Å². The zero-order valence-corrected chi connectivity index (χ0v) is 5.76. The third kappa shape index (κ3) is 1.23. The van der Waals surface area contributed by atoms with E-state index >= 15 is 0 Å². The quantitative estimate of drug-likeness (QED) is 0.641. The number of rotatable bonds is 1. The molecular formula is C7H9FN2. The molecule has 1 rings (SSSR count). The number of alkyl halides is 1. The number of pyridine rings is 1. The van der Waals surface area contributed by atoms with Crippen LogP contribution >= 0.6 is 0 Å². The van der Waals surface area contributed by atoms with Crippen molar-refractivity contribution in [2.45, 2.75) is 13.6 Å². The van der Waals surface area contributed by atoms with Gasteiger partial charge in [-0.3, -0.25) is 0 Å². The lowest BCUT2D eigenvalue weighted by molar-refractivity contribution is 0.482. The van der Waals surface area contributed by atoms with E-state index in [1.165, 1.54) is 6.20 Å². The topological polar surface area (TPSA) is 38.9 Å². The van der Waals surface area contributed by atoms with Gasteiger partial charge in [-0.05, 0) is 18.6 Å². The molecule has 3 heteroatoms. The van der Waals surface area contributed by atoms with E-state index in [1.54, 1.807) is 6.07 Å². The van der Waals surface area contributed by atoms with Crippen molar-refractivity contribution in [3.63, 3.8) is 0 Å². The summed E-state index contributed by atoms with van der Waals surface area (Å²) in [6.07, 6.45) is 1.46. The van der Waals surface area contributed by atoms with Crippen molar-refractivity contribution in [2.24, 2.45) is 0 Å². The molecule has 0 radical (unpaired) electrons. The minimum Gasteiger partial charge on any atom is -0.384 e. The van der Waals surface area contributed by atoms with Gasteiger partial charge < -0.3 is 5.73 Å². The van der Waals surface area contributed by atoms with Gasteiger partial charge in [0.1, 0.15) is 12.5 Å². The fraction of sp³-hybridized carbons (Fsp3) is 0.286. The Bertz CT molecular complexity index is 235. The fourth-order valence-electron chi connectivity index (χ4n) is 0.746. The lowest BCUT2D eigenvalue weighted by atomic mass is 10.2. The van der Waals surface area contributed by atoms with Crippen molar-refractivity contribution < 1.29 is 4.39 Å². The molecule has 2 nitrogen and oxygen atoms in total. The molecule has 1 aromatic rings. The molecule has 0 saturated heterocycles. The predicted molar refractivity (Wildman–Crippen MR) is 38.2 cm³/mol. The monoisotopic (exact) mass is 140 g/mol. The summed E-state index contributed by atoms with van der Waals surface area (Å²) in [6.45, 7) is 1.34. The van der Waals surface area contributed by atoms with Crippen molar-refractivity contribution in [2.75, 3.05) is 5.73 Å². The average molecular weight is 140 g/mol. The number of hydrogen-bond donors (Lipinski definition) is 1. The molecule has 0 aromatic carbocycles. The minimum atomic E-state index is -0.473.